The van der Waals surface area contributed by atoms with Crippen LogP contribution in [0.25, 0.3) is 0 Å². The Morgan fingerprint density at radius 3 is 2.79 bits per heavy atom. The van der Waals surface area contributed by atoms with E-state index in [1.165, 1.54) is 25.4 Å². The van der Waals surface area contributed by atoms with E-state index >= 15 is 0 Å². The topological polar surface area (TPSA) is 75.1 Å². The van der Waals surface area contributed by atoms with Crippen LogP contribution in [0.15, 0.2) is 12.5 Å². The highest BCUT2D eigenvalue weighted by Gasteiger charge is 2.26. The highest BCUT2D eigenvalue weighted by atomic mass is 16.4. The number of hydrogen-bond acceptors (Lipinski definition) is 4. The normalized spacial score (nSPS) is 19.3. The molecule has 0 aromatic carbocycles. The number of carbonyl (C=O) groups is 1. The maximum absolute atomic E-state index is 11.1. The Morgan fingerprint density at radius 1 is 1.47 bits per heavy atom. The molecular formula is C14H21N3O2. The van der Waals surface area contributed by atoms with Gasteiger partial charge in [0.15, 0.2) is 0 Å². The Labute approximate surface area is 113 Å². The van der Waals surface area contributed by atoms with Gasteiger partial charge in [0.25, 0.3) is 0 Å². The zero-order valence-electron chi connectivity index (χ0n) is 11.5. The lowest BCUT2D eigenvalue weighted by Crippen LogP contribution is -2.35. The van der Waals surface area contributed by atoms with Gasteiger partial charge in [-0.15, -0.1) is 0 Å². The summed E-state index contributed by atoms with van der Waals surface area (Å²) >= 11 is 0. The van der Waals surface area contributed by atoms with Crippen molar-refractivity contribution in [1.82, 2.24) is 15.3 Å². The summed E-state index contributed by atoms with van der Waals surface area (Å²) in [5.74, 6) is -0.970. The highest BCUT2D eigenvalue weighted by molar-refractivity contribution is 5.88. The standard InChI is InChI=1S/C14H21N3O2/c1-14(2)5-3-10(4-6-14)16-8-12-11(13(18)19)7-15-9-17-12/h7,9-10,16H,3-6,8H2,1-2H3,(H,18,19). The molecule has 2 N–H and O–H groups in total. The lowest BCUT2D eigenvalue weighted by atomic mass is 9.75. The molecule has 0 aliphatic heterocycles. The summed E-state index contributed by atoms with van der Waals surface area (Å²) < 4.78 is 0. The number of hydrogen-bond donors (Lipinski definition) is 2. The molecule has 1 fully saturated rings. The fourth-order valence-electron chi connectivity index (χ4n) is 2.52. The third-order valence-electron chi connectivity index (χ3n) is 3.92. The van der Waals surface area contributed by atoms with E-state index in [0.717, 1.165) is 12.8 Å². The van der Waals surface area contributed by atoms with E-state index in [1.807, 2.05) is 0 Å². The summed E-state index contributed by atoms with van der Waals surface area (Å²) in [6.07, 6.45) is 7.45. The molecule has 0 unspecified atom stereocenters. The van der Waals surface area contributed by atoms with Crippen molar-refractivity contribution in [3.05, 3.63) is 23.8 Å². The van der Waals surface area contributed by atoms with Crippen LogP contribution >= 0.6 is 0 Å². The molecule has 0 spiro atoms. The summed E-state index contributed by atoms with van der Waals surface area (Å²) in [6.45, 7) is 5.10. The molecule has 1 aromatic rings. The Balaban J connectivity index is 1.91. The Bertz CT molecular complexity index is 450. The van der Waals surface area contributed by atoms with Gasteiger partial charge in [0, 0.05) is 18.8 Å². The quantitative estimate of drug-likeness (QED) is 0.871. The predicted octanol–water partition coefficient (Wildman–Crippen LogP) is 2.23. The van der Waals surface area contributed by atoms with Crippen molar-refractivity contribution in [3.63, 3.8) is 0 Å². The molecule has 1 aromatic heterocycles. The van der Waals surface area contributed by atoms with E-state index in [9.17, 15) is 4.79 Å². The molecule has 1 aliphatic carbocycles. The third-order valence-corrected chi connectivity index (χ3v) is 3.92. The van der Waals surface area contributed by atoms with Crippen LogP contribution in [0.2, 0.25) is 0 Å². The van der Waals surface area contributed by atoms with E-state index < -0.39 is 5.97 Å². The lowest BCUT2D eigenvalue weighted by molar-refractivity contribution is 0.0694. The number of carboxylic acids is 1. The minimum Gasteiger partial charge on any atom is -0.478 e. The van der Waals surface area contributed by atoms with E-state index in [2.05, 4.69) is 29.1 Å². The number of aromatic nitrogens is 2. The van der Waals surface area contributed by atoms with Gasteiger partial charge in [0.1, 0.15) is 11.9 Å². The van der Waals surface area contributed by atoms with Crippen molar-refractivity contribution in [1.29, 1.82) is 0 Å². The van der Waals surface area contributed by atoms with Gasteiger partial charge in [-0.2, -0.15) is 0 Å². The summed E-state index contributed by atoms with van der Waals surface area (Å²) in [4.78, 5) is 18.9. The molecule has 5 nitrogen and oxygen atoms in total. The minimum atomic E-state index is -0.970. The van der Waals surface area contributed by atoms with Crippen molar-refractivity contribution < 1.29 is 9.90 Å². The molecule has 1 aliphatic rings. The average molecular weight is 263 g/mol. The number of nitrogens with one attached hydrogen (secondary N) is 1. The van der Waals surface area contributed by atoms with Gasteiger partial charge in [-0.05, 0) is 31.1 Å². The first-order valence-corrected chi connectivity index (χ1v) is 6.73. The van der Waals surface area contributed by atoms with Gasteiger partial charge >= 0.3 is 5.97 Å². The zero-order chi connectivity index (χ0) is 13.9. The van der Waals surface area contributed by atoms with Crippen molar-refractivity contribution in [3.8, 4) is 0 Å². The van der Waals surface area contributed by atoms with Gasteiger partial charge in [0.05, 0.1) is 5.69 Å². The summed E-state index contributed by atoms with van der Waals surface area (Å²) in [6, 6.07) is 0.463. The SMILES string of the molecule is CC1(C)CCC(NCc2ncncc2C(=O)O)CC1. The molecular weight excluding hydrogens is 242 g/mol. The molecule has 0 radical (unpaired) electrons. The first-order chi connectivity index (χ1) is 8.98. The predicted molar refractivity (Wildman–Crippen MR) is 71.9 cm³/mol. The molecule has 0 saturated heterocycles. The molecule has 19 heavy (non-hydrogen) atoms. The Kier molecular flexibility index (Phi) is 4.14. The van der Waals surface area contributed by atoms with E-state index in [1.54, 1.807) is 0 Å². The molecule has 104 valence electrons. The minimum absolute atomic E-state index is 0.186. The van der Waals surface area contributed by atoms with Crippen molar-refractivity contribution in [2.75, 3.05) is 0 Å². The molecule has 1 saturated carbocycles. The average Bonchev–Trinajstić information content (AvgIpc) is 2.38. The van der Waals surface area contributed by atoms with Crippen LogP contribution < -0.4 is 5.32 Å². The second-order valence-electron chi connectivity index (χ2n) is 6.01. The van der Waals surface area contributed by atoms with Gasteiger partial charge < -0.3 is 10.4 Å². The van der Waals surface area contributed by atoms with Crippen molar-refractivity contribution in [2.24, 2.45) is 5.41 Å². The number of rotatable bonds is 4. The first kappa shape index (κ1) is 13.9. The smallest absolute Gasteiger partial charge is 0.339 e. The largest absolute Gasteiger partial charge is 0.478 e. The molecule has 1 heterocycles. The second kappa shape index (κ2) is 5.65. The Hall–Kier alpha value is -1.49. The van der Waals surface area contributed by atoms with Crippen LogP contribution in [0.5, 0.6) is 0 Å². The fourth-order valence-corrected chi connectivity index (χ4v) is 2.52. The van der Waals surface area contributed by atoms with Crippen LogP contribution in [-0.2, 0) is 6.54 Å². The maximum atomic E-state index is 11.1. The van der Waals surface area contributed by atoms with E-state index in [0.29, 0.717) is 23.7 Å². The maximum Gasteiger partial charge on any atom is 0.339 e. The van der Waals surface area contributed by atoms with Crippen LogP contribution in [0, 0.1) is 5.41 Å². The highest BCUT2D eigenvalue weighted by Crippen LogP contribution is 2.35. The number of aromatic carboxylic acids is 1. The van der Waals surface area contributed by atoms with Crippen LogP contribution in [-0.4, -0.2) is 27.1 Å². The third kappa shape index (κ3) is 3.73. The van der Waals surface area contributed by atoms with Gasteiger partial charge in [-0.25, -0.2) is 14.8 Å². The molecule has 2 rings (SSSR count). The molecule has 0 bridgehead atoms. The Morgan fingerprint density at radius 2 is 2.16 bits per heavy atom. The lowest BCUT2D eigenvalue weighted by Gasteiger charge is -2.34. The monoisotopic (exact) mass is 263 g/mol. The molecule has 5 heteroatoms. The van der Waals surface area contributed by atoms with Gasteiger partial charge in [-0.3, -0.25) is 0 Å². The van der Waals surface area contributed by atoms with Gasteiger partial charge in [-0.1, -0.05) is 13.8 Å². The second-order valence-corrected chi connectivity index (χ2v) is 6.01. The van der Waals surface area contributed by atoms with Crippen molar-refractivity contribution in [2.45, 2.75) is 52.1 Å². The van der Waals surface area contributed by atoms with E-state index in [4.69, 9.17) is 5.11 Å². The fraction of sp³-hybridized carbons (Fsp3) is 0.643. The number of nitrogens with zero attached hydrogens (tertiary/aromatic N) is 2. The first-order valence-electron chi connectivity index (χ1n) is 6.73. The van der Waals surface area contributed by atoms with Gasteiger partial charge in [0.2, 0.25) is 0 Å². The molecule has 0 atom stereocenters. The summed E-state index contributed by atoms with van der Waals surface area (Å²) in [5, 5.41) is 12.5. The summed E-state index contributed by atoms with van der Waals surface area (Å²) in [5.41, 5.74) is 1.19. The summed E-state index contributed by atoms with van der Waals surface area (Å²) in [7, 11) is 0. The van der Waals surface area contributed by atoms with Crippen LogP contribution in [0.4, 0.5) is 0 Å². The van der Waals surface area contributed by atoms with Crippen LogP contribution in [0.3, 0.4) is 0 Å². The van der Waals surface area contributed by atoms with E-state index in [-0.39, 0.29) is 5.56 Å². The number of carboxylic acid groups (broad SMARTS) is 1. The molecule has 0 amide bonds. The van der Waals surface area contributed by atoms with Crippen LogP contribution in [0.1, 0.15) is 55.6 Å². The van der Waals surface area contributed by atoms with Crippen molar-refractivity contribution >= 4 is 5.97 Å². The zero-order valence-corrected chi connectivity index (χ0v) is 11.5.